The van der Waals surface area contributed by atoms with Crippen molar-refractivity contribution >= 4 is 11.7 Å². The SMILES string of the molecule is Cc1ccc(CNC(=O)N2CCN(c3cccc(C)c3)CC2)cc1. The second-order valence-corrected chi connectivity index (χ2v) is 6.46. The molecule has 0 saturated carbocycles. The van der Waals surface area contributed by atoms with Crippen molar-refractivity contribution in [1.29, 1.82) is 0 Å². The van der Waals surface area contributed by atoms with E-state index in [1.54, 1.807) is 0 Å². The lowest BCUT2D eigenvalue weighted by Gasteiger charge is -2.36. The molecular formula is C20H25N3O. The van der Waals surface area contributed by atoms with Crippen LogP contribution in [0, 0.1) is 13.8 Å². The minimum atomic E-state index is 0.0273. The van der Waals surface area contributed by atoms with Crippen LogP contribution in [0.15, 0.2) is 48.5 Å². The number of benzene rings is 2. The number of amides is 2. The van der Waals surface area contributed by atoms with Gasteiger partial charge in [-0.3, -0.25) is 0 Å². The summed E-state index contributed by atoms with van der Waals surface area (Å²) in [5, 5.41) is 3.02. The molecule has 2 aromatic rings. The highest BCUT2D eigenvalue weighted by Crippen LogP contribution is 2.17. The molecule has 0 bridgehead atoms. The van der Waals surface area contributed by atoms with Crippen molar-refractivity contribution in [2.45, 2.75) is 20.4 Å². The first kappa shape index (κ1) is 16.4. The second kappa shape index (κ2) is 7.39. The Hall–Kier alpha value is -2.49. The predicted molar refractivity (Wildman–Crippen MR) is 98.4 cm³/mol. The average Bonchev–Trinajstić information content (AvgIpc) is 2.61. The number of carbonyl (C=O) groups is 1. The van der Waals surface area contributed by atoms with E-state index in [-0.39, 0.29) is 6.03 Å². The standard InChI is InChI=1S/C20H25N3O/c1-16-6-8-18(9-7-16)15-21-20(24)23-12-10-22(11-13-23)19-5-3-4-17(2)14-19/h3-9,14H,10-13,15H2,1-2H3,(H,21,24). The topological polar surface area (TPSA) is 35.6 Å². The molecule has 2 amide bonds. The van der Waals surface area contributed by atoms with Crippen LogP contribution in [0.3, 0.4) is 0 Å². The highest BCUT2D eigenvalue weighted by Gasteiger charge is 2.21. The molecule has 126 valence electrons. The van der Waals surface area contributed by atoms with Gasteiger partial charge in [0, 0.05) is 38.4 Å². The molecule has 1 aliphatic rings. The lowest BCUT2D eigenvalue weighted by Crippen LogP contribution is -2.51. The van der Waals surface area contributed by atoms with Crippen LogP contribution in [0.2, 0.25) is 0 Å². The van der Waals surface area contributed by atoms with Gasteiger partial charge in [-0.25, -0.2) is 4.79 Å². The first-order chi connectivity index (χ1) is 11.6. The van der Waals surface area contributed by atoms with E-state index in [0.717, 1.165) is 31.7 Å². The number of carbonyl (C=O) groups excluding carboxylic acids is 1. The number of urea groups is 1. The third kappa shape index (κ3) is 4.07. The number of rotatable bonds is 3. The van der Waals surface area contributed by atoms with Crippen LogP contribution >= 0.6 is 0 Å². The molecule has 1 fully saturated rings. The van der Waals surface area contributed by atoms with E-state index >= 15 is 0 Å². The summed E-state index contributed by atoms with van der Waals surface area (Å²) in [6, 6.07) is 16.8. The zero-order chi connectivity index (χ0) is 16.9. The summed E-state index contributed by atoms with van der Waals surface area (Å²) in [7, 11) is 0. The average molecular weight is 323 g/mol. The van der Waals surface area contributed by atoms with Crippen LogP contribution in [-0.2, 0) is 6.54 Å². The summed E-state index contributed by atoms with van der Waals surface area (Å²) in [5.74, 6) is 0. The maximum Gasteiger partial charge on any atom is 0.317 e. The number of hydrogen-bond donors (Lipinski definition) is 1. The van der Waals surface area contributed by atoms with E-state index in [4.69, 9.17) is 0 Å². The van der Waals surface area contributed by atoms with Gasteiger partial charge in [-0.1, -0.05) is 42.0 Å². The van der Waals surface area contributed by atoms with Gasteiger partial charge in [0.2, 0.25) is 0 Å². The lowest BCUT2D eigenvalue weighted by molar-refractivity contribution is 0.194. The van der Waals surface area contributed by atoms with Crippen LogP contribution in [0.4, 0.5) is 10.5 Å². The van der Waals surface area contributed by atoms with Gasteiger partial charge in [-0.05, 0) is 37.1 Å². The number of nitrogens with zero attached hydrogens (tertiary/aromatic N) is 2. The summed E-state index contributed by atoms with van der Waals surface area (Å²) in [6.45, 7) is 8.02. The lowest BCUT2D eigenvalue weighted by atomic mass is 10.1. The maximum atomic E-state index is 12.3. The van der Waals surface area contributed by atoms with Crippen molar-refractivity contribution < 1.29 is 4.79 Å². The van der Waals surface area contributed by atoms with Crippen molar-refractivity contribution in [3.05, 3.63) is 65.2 Å². The molecule has 0 spiro atoms. The fourth-order valence-electron chi connectivity index (χ4n) is 2.99. The zero-order valence-corrected chi connectivity index (χ0v) is 14.5. The molecule has 24 heavy (non-hydrogen) atoms. The van der Waals surface area contributed by atoms with Crippen LogP contribution in [0.5, 0.6) is 0 Å². The summed E-state index contributed by atoms with van der Waals surface area (Å²) < 4.78 is 0. The Labute approximate surface area is 144 Å². The van der Waals surface area contributed by atoms with Crippen LogP contribution in [0.25, 0.3) is 0 Å². The number of nitrogens with one attached hydrogen (secondary N) is 1. The van der Waals surface area contributed by atoms with Gasteiger partial charge in [0.25, 0.3) is 0 Å². The van der Waals surface area contributed by atoms with Crippen molar-refractivity contribution in [3.8, 4) is 0 Å². The molecule has 3 rings (SSSR count). The van der Waals surface area contributed by atoms with E-state index in [1.807, 2.05) is 4.90 Å². The zero-order valence-electron chi connectivity index (χ0n) is 14.5. The molecule has 2 aromatic carbocycles. The Kier molecular flexibility index (Phi) is 5.04. The maximum absolute atomic E-state index is 12.3. The molecule has 0 aliphatic carbocycles. The summed E-state index contributed by atoms with van der Waals surface area (Å²) in [4.78, 5) is 16.6. The Bertz CT molecular complexity index is 688. The quantitative estimate of drug-likeness (QED) is 0.940. The van der Waals surface area contributed by atoms with E-state index in [1.165, 1.54) is 16.8 Å². The first-order valence-corrected chi connectivity index (χ1v) is 8.52. The van der Waals surface area contributed by atoms with Crippen LogP contribution < -0.4 is 10.2 Å². The Balaban J connectivity index is 1.49. The monoisotopic (exact) mass is 323 g/mol. The number of piperazine rings is 1. The van der Waals surface area contributed by atoms with Crippen LogP contribution in [0.1, 0.15) is 16.7 Å². The summed E-state index contributed by atoms with van der Waals surface area (Å²) >= 11 is 0. The van der Waals surface area contributed by atoms with Gasteiger partial charge in [-0.15, -0.1) is 0 Å². The molecule has 4 heteroatoms. The third-order valence-corrected chi connectivity index (χ3v) is 4.50. The van der Waals surface area contributed by atoms with Crippen molar-refractivity contribution in [1.82, 2.24) is 10.2 Å². The van der Waals surface area contributed by atoms with Crippen LogP contribution in [-0.4, -0.2) is 37.1 Å². The Morgan fingerprint density at radius 2 is 1.67 bits per heavy atom. The van der Waals surface area contributed by atoms with E-state index < -0.39 is 0 Å². The molecule has 0 aromatic heterocycles. The molecule has 0 atom stereocenters. The number of hydrogen-bond acceptors (Lipinski definition) is 2. The largest absolute Gasteiger partial charge is 0.368 e. The van der Waals surface area contributed by atoms with Crippen molar-refractivity contribution in [2.24, 2.45) is 0 Å². The van der Waals surface area contributed by atoms with Gasteiger partial charge in [-0.2, -0.15) is 0 Å². The second-order valence-electron chi connectivity index (χ2n) is 6.46. The van der Waals surface area contributed by atoms with Crippen molar-refractivity contribution in [2.75, 3.05) is 31.1 Å². The molecule has 0 unspecified atom stereocenters. The molecule has 1 N–H and O–H groups in total. The fraction of sp³-hybridized carbons (Fsp3) is 0.350. The molecular weight excluding hydrogens is 298 g/mol. The highest BCUT2D eigenvalue weighted by molar-refractivity contribution is 5.74. The third-order valence-electron chi connectivity index (χ3n) is 4.50. The summed E-state index contributed by atoms with van der Waals surface area (Å²) in [5.41, 5.74) is 4.88. The number of aryl methyl sites for hydroxylation is 2. The van der Waals surface area contributed by atoms with E-state index in [9.17, 15) is 4.79 Å². The predicted octanol–water partition coefficient (Wildman–Crippen LogP) is 3.34. The minimum Gasteiger partial charge on any atom is -0.368 e. The van der Waals surface area contributed by atoms with Gasteiger partial charge >= 0.3 is 6.03 Å². The summed E-state index contributed by atoms with van der Waals surface area (Å²) in [6.07, 6.45) is 0. The molecule has 0 radical (unpaired) electrons. The molecule has 1 aliphatic heterocycles. The first-order valence-electron chi connectivity index (χ1n) is 8.52. The fourth-order valence-corrected chi connectivity index (χ4v) is 2.99. The van der Waals surface area contributed by atoms with E-state index in [0.29, 0.717) is 6.54 Å². The molecule has 4 nitrogen and oxygen atoms in total. The Morgan fingerprint density at radius 3 is 2.33 bits per heavy atom. The van der Waals surface area contributed by atoms with Crippen molar-refractivity contribution in [3.63, 3.8) is 0 Å². The van der Waals surface area contributed by atoms with Gasteiger partial charge in [0.1, 0.15) is 0 Å². The Morgan fingerprint density at radius 1 is 0.958 bits per heavy atom. The smallest absolute Gasteiger partial charge is 0.317 e. The normalized spacial score (nSPS) is 14.6. The van der Waals surface area contributed by atoms with Gasteiger partial charge in [0.05, 0.1) is 0 Å². The minimum absolute atomic E-state index is 0.0273. The van der Waals surface area contributed by atoms with Gasteiger partial charge < -0.3 is 15.1 Å². The number of anilines is 1. The molecule has 1 heterocycles. The van der Waals surface area contributed by atoms with Gasteiger partial charge in [0.15, 0.2) is 0 Å². The highest BCUT2D eigenvalue weighted by atomic mass is 16.2. The molecule has 1 saturated heterocycles. The van der Waals surface area contributed by atoms with E-state index in [2.05, 4.69) is 72.6 Å².